The van der Waals surface area contributed by atoms with Crippen LogP contribution in [0.4, 0.5) is 21.9 Å². The fraction of sp³-hybridized carbons (Fsp3) is 0.300. The van der Waals surface area contributed by atoms with Crippen molar-refractivity contribution in [2.45, 2.75) is 18.9 Å². The highest BCUT2D eigenvalue weighted by molar-refractivity contribution is 6.17. The Labute approximate surface area is 152 Å². The Balaban J connectivity index is 1.71. The Morgan fingerprint density at radius 3 is 2.46 bits per heavy atom. The number of amides is 3. The summed E-state index contributed by atoms with van der Waals surface area (Å²) < 4.78 is 0. The summed E-state index contributed by atoms with van der Waals surface area (Å²) in [7, 11) is 2.09. The van der Waals surface area contributed by atoms with E-state index in [1.54, 1.807) is 17.0 Å². The molecule has 2 N–H and O–H groups in total. The van der Waals surface area contributed by atoms with Gasteiger partial charge in [0.25, 0.3) is 5.91 Å². The van der Waals surface area contributed by atoms with Crippen molar-refractivity contribution in [3.63, 3.8) is 0 Å². The van der Waals surface area contributed by atoms with Crippen molar-refractivity contribution in [2.24, 2.45) is 0 Å². The summed E-state index contributed by atoms with van der Waals surface area (Å²) >= 11 is 0. The molecule has 2 aliphatic heterocycles. The summed E-state index contributed by atoms with van der Waals surface area (Å²) in [5.41, 5.74) is 2.39. The van der Waals surface area contributed by atoms with Crippen molar-refractivity contribution in [1.82, 2.24) is 10.2 Å². The molecule has 0 atom stereocenters. The van der Waals surface area contributed by atoms with E-state index in [-0.39, 0.29) is 18.0 Å². The Hall–Kier alpha value is -2.86. The molecule has 4 rings (SSSR count). The van der Waals surface area contributed by atoms with Gasteiger partial charge in [0.15, 0.2) is 0 Å². The van der Waals surface area contributed by atoms with Gasteiger partial charge in [-0.15, -0.1) is 0 Å². The third-order valence-corrected chi connectivity index (χ3v) is 5.03. The zero-order chi connectivity index (χ0) is 18.1. The molecule has 2 aromatic carbocycles. The zero-order valence-electron chi connectivity index (χ0n) is 14.7. The molecular formula is C20H22N4O2. The van der Waals surface area contributed by atoms with Gasteiger partial charge >= 0.3 is 6.03 Å². The van der Waals surface area contributed by atoms with Crippen molar-refractivity contribution < 1.29 is 9.59 Å². The van der Waals surface area contributed by atoms with Gasteiger partial charge in [-0.3, -0.25) is 9.69 Å². The van der Waals surface area contributed by atoms with Gasteiger partial charge < -0.3 is 15.5 Å². The van der Waals surface area contributed by atoms with E-state index in [1.807, 2.05) is 36.4 Å². The molecule has 0 radical (unpaired) electrons. The minimum atomic E-state index is -0.206. The summed E-state index contributed by atoms with van der Waals surface area (Å²) in [6.45, 7) is 1.94. The van der Waals surface area contributed by atoms with E-state index in [4.69, 9.17) is 0 Å². The van der Waals surface area contributed by atoms with Crippen LogP contribution < -0.4 is 15.5 Å². The lowest BCUT2D eigenvalue weighted by Crippen LogP contribution is -2.47. The van der Waals surface area contributed by atoms with Crippen LogP contribution in [0, 0.1) is 0 Å². The van der Waals surface area contributed by atoms with E-state index in [0.29, 0.717) is 22.6 Å². The van der Waals surface area contributed by atoms with Crippen LogP contribution in [0.5, 0.6) is 0 Å². The first-order valence-electron chi connectivity index (χ1n) is 8.92. The highest BCUT2D eigenvalue weighted by atomic mass is 16.2. The normalized spacial score (nSPS) is 17.7. The first kappa shape index (κ1) is 16.6. The maximum absolute atomic E-state index is 13.2. The van der Waals surface area contributed by atoms with Crippen molar-refractivity contribution in [3.8, 4) is 0 Å². The average Bonchev–Trinajstić information content (AvgIpc) is 2.77. The molecule has 2 aromatic rings. The van der Waals surface area contributed by atoms with Gasteiger partial charge in [-0.2, -0.15) is 0 Å². The van der Waals surface area contributed by atoms with Crippen LogP contribution in [0.1, 0.15) is 23.2 Å². The van der Waals surface area contributed by atoms with E-state index >= 15 is 0 Å². The van der Waals surface area contributed by atoms with E-state index < -0.39 is 0 Å². The molecule has 0 unspecified atom stereocenters. The molecule has 0 saturated carbocycles. The first-order valence-corrected chi connectivity index (χ1v) is 8.92. The van der Waals surface area contributed by atoms with Crippen molar-refractivity contribution in [1.29, 1.82) is 0 Å². The van der Waals surface area contributed by atoms with E-state index in [2.05, 4.69) is 22.6 Å². The second-order valence-corrected chi connectivity index (χ2v) is 6.85. The van der Waals surface area contributed by atoms with Crippen LogP contribution in [-0.2, 0) is 0 Å². The predicted octanol–water partition coefficient (Wildman–Crippen LogP) is 3.19. The summed E-state index contributed by atoms with van der Waals surface area (Å²) in [5.74, 6) is -0.206. The lowest BCUT2D eigenvalue weighted by molar-refractivity contribution is 0.102. The van der Waals surface area contributed by atoms with E-state index in [1.165, 1.54) is 0 Å². The number of anilines is 3. The average molecular weight is 350 g/mol. The highest BCUT2D eigenvalue weighted by Gasteiger charge is 2.30. The van der Waals surface area contributed by atoms with Crippen LogP contribution in [0.25, 0.3) is 0 Å². The Morgan fingerprint density at radius 1 is 1.04 bits per heavy atom. The molecular weight excluding hydrogens is 328 g/mol. The number of likely N-dealkylation sites (tertiary alicyclic amines) is 1. The molecule has 6 heteroatoms. The lowest BCUT2D eigenvalue weighted by Gasteiger charge is -2.32. The molecule has 134 valence electrons. The van der Waals surface area contributed by atoms with Gasteiger partial charge in [0, 0.05) is 6.04 Å². The van der Waals surface area contributed by atoms with Crippen molar-refractivity contribution >= 4 is 29.0 Å². The maximum Gasteiger partial charge on any atom is 0.326 e. The largest absolute Gasteiger partial charge is 0.335 e. The molecule has 1 saturated heterocycles. The number of rotatable bonds is 1. The summed E-state index contributed by atoms with van der Waals surface area (Å²) in [4.78, 5) is 29.7. The number of fused-ring (bicyclic) bond motifs is 2. The lowest BCUT2D eigenvalue weighted by atomic mass is 10.1. The molecule has 6 nitrogen and oxygen atoms in total. The van der Waals surface area contributed by atoms with Gasteiger partial charge in [0.1, 0.15) is 0 Å². The summed E-state index contributed by atoms with van der Waals surface area (Å²) in [6, 6.07) is 14.5. The topological polar surface area (TPSA) is 64.7 Å². The van der Waals surface area contributed by atoms with Crippen LogP contribution in [0.2, 0.25) is 0 Å². The number of nitrogens with one attached hydrogen (secondary N) is 2. The molecule has 0 bridgehead atoms. The van der Waals surface area contributed by atoms with E-state index in [0.717, 1.165) is 25.9 Å². The third kappa shape index (κ3) is 3.04. The van der Waals surface area contributed by atoms with Crippen LogP contribution in [0.3, 0.4) is 0 Å². The quantitative estimate of drug-likeness (QED) is 0.830. The second kappa shape index (κ2) is 6.80. The number of benzene rings is 2. The Morgan fingerprint density at radius 2 is 1.69 bits per heavy atom. The number of carbonyl (C=O) groups is 2. The van der Waals surface area contributed by atoms with Crippen LogP contribution >= 0.6 is 0 Å². The predicted molar refractivity (Wildman–Crippen MR) is 102 cm³/mol. The number of piperidine rings is 1. The Bertz CT molecular complexity index is 843. The molecule has 0 spiro atoms. The SMILES string of the molecule is CN1CCC(NC(=O)N2c3ccccc3NC(=O)c3ccccc32)CC1. The van der Waals surface area contributed by atoms with Gasteiger partial charge in [-0.25, -0.2) is 4.79 Å². The fourth-order valence-corrected chi connectivity index (χ4v) is 3.57. The number of hydrogen-bond acceptors (Lipinski definition) is 3. The molecule has 2 heterocycles. The smallest absolute Gasteiger partial charge is 0.326 e. The molecule has 3 amide bonds. The highest BCUT2D eigenvalue weighted by Crippen LogP contribution is 2.37. The fourth-order valence-electron chi connectivity index (χ4n) is 3.57. The first-order chi connectivity index (χ1) is 12.6. The number of para-hydroxylation sites is 3. The third-order valence-electron chi connectivity index (χ3n) is 5.03. The van der Waals surface area contributed by atoms with Gasteiger partial charge in [-0.1, -0.05) is 24.3 Å². The van der Waals surface area contributed by atoms with Gasteiger partial charge in [0.05, 0.1) is 22.6 Å². The molecule has 1 fully saturated rings. The summed E-state index contributed by atoms with van der Waals surface area (Å²) in [5, 5.41) is 6.06. The molecule has 26 heavy (non-hydrogen) atoms. The van der Waals surface area contributed by atoms with E-state index in [9.17, 15) is 9.59 Å². The zero-order valence-corrected chi connectivity index (χ0v) is 14.7. The maximum atomic E-state index is 13.2. The number of carbonyl (C=O) groups excluding carboxylic acids is 2. The van der Waals surface area contributed by atoms with Crippen LogP contribution in [0.15, 0.2) is 48.5 Å². The van der Waals surface area contributed by atoms with Crippen molar-refractivity contribution in [3.05, 3.63) is 54.1 Å². The molecule has 0 aromatic heterocycles. The number of nitrogens with zero attached hydrogens (tertiary/aromatic N) is 2. The second-order valence-electron chi connectivity index (χ2n) is 6.85. The van der Waals surface area contributed by atoms with Gasteiger partial charge in [-0.05, 0) is 57.2 Å². The van der Waals surface area contributed by atoms with Crippen LogP contribution in [-0.4, -0.2) is 43.0 Å². The number of urea groups is 1. The number of hydrogen-bond donors (Lipinski definition) is 2. The molecule has 0 aliphatic carbocycles. The van der Waals surface area contributed by atoms with Gasteiger partial charge in [0.2, 0.25) is 0 Å². The standard InChI is InChI=1S/C20H22N4O2/c1-23-12-10-14(11-13-23)21-20(26)24-17-8-4-2-6-15(17)19(25)22-16-7-3-5-9-18(16)24/h2-9,14H,10-13H2,1H3,(H,21,26)(H,22,25). The summed E-state index contributed by atoms with van der Waals surface area (Å²) in [6.07, 6.45) is 1.85. The minimum Gasteiger partial charge on any atom is -0.335 e. The van der Waals surface area contributed by atoms with Crippen molar-refractivity contribution in [2.75, 3.05) is 30.4 Å². The monoisotopic (exact) mass is 350 g/mol. The minimum absolute atomic E-state index is 0.143. The Kier molecular flexibility index (Phi) is 4.34. The molecule has 2 aliphatic rings.